The fourth-order valence-corrected chi connectivity index (χ4v) is 2.23. The molecule has 5 nitrogen and oxygen atoms in total. The summed E-state index contributed by atoms with van der Waals surface area (Å²) in [5, 5.41) is 13.4. The van der Waals surface area contributed by atoms with Gasteiger partial charge in [-0.25, -0.2) is 4.98 Å². The van der Waals surface area contributed by atoms with Gasteiger partial charge >= 0.3 is 0 Å². The molecule has 2 aromatic rings. The molecule has 0 bridgehead atoms. The Bertz CT molecular complexity index is 448. The van der Waals surface area contributed by atoms with Crippen molar-refractivity contribution in [3.8, 4) is 5.13 Å². The fraction of sp³-hybridized carbons (Fsp3) is 0.500. The van der Waals surface area contributed by atoms with E-state index in [2.05, 4.69) is 34.3 Å². The van der Waals surface area contributed by atoms with E-state index in [-0.39, 0.29) is 0 Å². The molecule has 0 saturated heterocycles. The first-order valence-corrected chi connectivity index (χ1v) is 6.22. The molecule has 0 radical (unpaired) electrons. The normalized spacial score (nSPS) is 10.9. The Hall–Kier alpha value is -1.27. The maximum atomic E-state index is 4.27. The minimum atomic E-state index is 0.782. The van der Waals surface area contributed by atoms with Crippen LogP contribution < -0.4 is 5.32 Å². The van der Waals surface area contributed by atoms with Crippen LogP contribution in [0.15, 0.2) is 12.4 Å². The van der Waals surface area contributed by atoms with Crippen molar-refractivity contribution in [3.05, 3.63) is 23.2 Å². The zero-order valence-corrected chi connectivity index (χ0v) is 10.3. The van der Waals surface area contributed by atoms with Crippen LogP contribution in [-0.4, -0.2) is 26.3 Å². The second-order valence-corrected chi connectivity index (χ2v) is 4.37. The first-order chi connectivity index (χ1) is 7.85. The van der Waals surface area contributed by atoms with Gasteiger partial charge in [-0.15, -0.1) is 10.2 Å². The molecule has 2 aromatic heterocycles. The number of hydrogen-bond donors (Lipinski definition) is 1. The molecule has 0 aliphatic rings. The molecular weight excluding hydrogens is 222 g/mol. The highest BCUT2D eigenvalue weighted by Crippen LogP contribution is 2.16. The van der Waals surface area contributed by atoms with Crippen LogP contribution >= 0.6 is 11.3 Å². The van der Waals surface area contributed by atoms with Gasteiger partial charge in [0.05, 0.1) is 0 Å². The third kappa shape index (κ3) is 2.28. The SMILES string of the molecule is CCNCc1nnc(-n2ccnc2CC)s1. The van der Waals surface area contributed by atoms with Gasteiger partial charge in [0.2, 0.25) is 5.13 Å². The van der Waals surface area contributed by atoms with Gasteiger partial charge in [-0.3, -0.25) is 4.57 Å². The van der Waals surface area contributed by atoms with Gasteiger partial charge in [0.1, 0.15) is 10.8 Å². The fourth-order valence-electron chi connectivity index (χ4n) is 1.42. The van der Waals surface area contributed by atoms with E-state index in [0.29, 0.717) is 0 Å². The zero-order chi connectivity index (χ0) is 11.4. The monoisotopic (exact) mass is 237 g/mol. The lowest BCUT2D eigenvalue weighted by Gasteiger charge is -1.99. The summed E-state index contributed by atoms with van der Waals surface area (Å²) in [6, 6.07) is 0. The Morgan fingerprint density at radius 1 is 1.38 bits per heavy atom. The largest absolute Gasteiger partial charge is 0.311 e. The lowest BCUT2D eigenvalue weighted by molar-refractivity contribution is 0.714. The second-order valence-electron chi connectivity index (χ2n) is 3.33. The molecule has 0 fully saturated rings. The molecule has 0 unspecified atom stereocenters. The molecule has 0 saturated carbocycles. The van der Waals surface area contributed by atoms with Gasteiger partial charge in [-0.2, -0.15) is 0 Å². The Morgan fingerprint density at radius 2 is 2.25 bits per heavy atom. The van der Waals surface area contributed by atoms with Gasteiger partial charge in [-0.1, -0.05) is 25.2 Å². The second kappa shape index (κ2) is 5.18. The number of rotatable bonds is 5. The summed E-state index contributed by atoms with van der Waals surface area (Å²) in [6.45, 7) is 5.89. The highest BCUT2D eigenvalue weighted by Gasteiger charge is 2.08. The van der Waals surface area contributed by atoms with Crippen molar-refractivity contribution in [1.82, 2.24) is 25.1 Å². The van der Waals surface area contributed by atoms with E-state index in [1.165, 1.54) is 0 Å². The van der Waals surface area contributed by atoms with Crippen LogP contribution in [0.2, 0.25) is 0 Å². The molecule has 0 spiro atoms. The predicted molar refractivity (Wildman–Crippen MR) is 63.8 cm³/mol. The van der Waals surface area contributed by atoms with Crippen molar-refractivity contribution < 1.29 is 0 Å². The van der Waals surface area contributed by atoms with Gasteiger partial charge in [0.15, 0.2) is 0 Å². The smallest absolute Gasteiger partial charge is 0.217 e. The number of aromatic nitrogens is 4. The van der Waals surface area contributed by atoms with Crippen LogP contribution in [0.25, 0.3) is 5.13 Å². The molecule has 2 heterocycles. The first-order valence-electron chi connectivity index (χ1n) is 5.40. The number of hydrogen-bond acceptors (Lipinski definition) is 5. The quantitative estimate of drug-likeness (QED) is 0.854. The summed E-state index contributed by atoms with van der Waals surface area (Å²) in [5.74, 6) is 1.02. The van der Waals surface area contributed by atoms with E-state index < -0.39 is 0 Å². The summed E-state index contributed by atoms with van der Waals surface area (Å²) in [4.78, 5) is 4.27. The maximum absolute atomic E-state index is 4.27. The Balaban J connectivity index is 2.18. The average molecular weight is 237 g/mol. The summed E-state index contributed by atoms with van der Waals surface area (Å²) in [5.41, 5.74) is 0. The van der Waals surface area contributed by atoms with E-state index in [9.17, 15) is 0 Å². The molecule has 0 aromatic carbocycles. The summed E-state index contributed by atoms with van der Waals surface area (Å²) in [6.07, 6.45) is 4.62. The molecule has 0 aliphatic carbocycles. The van der Waals surface area contributed by atoms with Gasteiger partial charge in [0.25, 0.3) is 0 Å². The molecule has 0 aliphatic heterocycles. The molecule has 1 N–H and O–H groups in total. The van der Waals surface area contributed by atoms with Crippen LogP contribution in [0.3, 0.4) is 0 Å². The van der Waals surface area contributed by atoms with Crippen molar-refractivity contribution in [2.75, 3.05) is 6.54 Å². The van der Waals surface area contributed by atoms with Crippen LogP contribution in [0.4, 0.5) is 0 Å². The average Bonchev–Trinajstić information content (AvgIpc) is 2.94. The Kier molecular flexibility index (Phi) is 3.63. The first kappa shape index (κ1) is 11.2. The highest BCUT2D eigenvalue weighted by atomic mass is 32.1. The molecule has 2 rings (SSSR count). The van der Waals surface area contributed by atoms with Crippen molar-refractivity contribution >= 4 is 11.3 Å². The standard InChI is InChI=1S/C10H15N5S/c1-3-8-12-5-6-15(8)10-14-13-9(16-10)7-11-4-2/h5-6,11H,3-4,7H2,1-2H3. The molecule has 16 heavy (non-hydrogen) atoms. The predicted octanol–water partition coefficient (Wildman–Crippen LogP) is 1.40. The van der Waals surface area contributed by atoms with Crippen LogP contribution in [-0.2, 0) is 13.0 Å². The third-order valence-electron chi connectivity index (χ3n) is 2.22. The Morgan fingerprint density at radius 3 is 3.00 bits per heavy atom. The van der Waals surface area contributed by atoms with Gasteiger partial charge < -0.3 is 5.32 Å². The van der Waals surface area contributed by atoms with Crippen molar-refractivity contribution in [1.29, 1.82) is 0 Å². The number of nitrogens with one attached hydrogen (secondary N) is 1. The van der Waals surface area contributed by atoms with Gasteiger partial charge in [-0.05, 0) is 6.54 Å². The number of nitrogens with zero attached hydrogens (tertiary/aromatic N) is 4. The van der Waals surface area contributed by atoms with E-state index in [4.69, 9.17) is 0 Å². The highest BCUT2D eigenvalue weighted by molar-refractivity contribution is 7.13. The van der Waals surface area contributed by atoms with E-state index in [0.717, 1.165) is 35.5 Å². The van der Waals surface area contributed by atoms with Crippen molar-refractivity contribution in [3.63, 3.8) is 0 Å². The van der Waals surface area contributed by atoms with E-state index >= 15 is 0 Å². The molecule has 0 atom stereocenters. The molecule has 6 heteroatoms. The topological polar surface area (TPSA) is 55.6 Å². The van der Waals surface area contributed by atoms with Crippen LogP contribution in [0.5, 0.6) is 0 Å². The maximum Gasteiger partial charge on any atom is 0.217 e. The zero-order valence-electron chi connectivity index (χ0n) is 9.47. The Labute approximate surface area is 98.5 Å². The summed E-state index contributed by atoms with van der Waals surface area (Å²) in [7, 11) is 0. The minimum absolute atomic E-state index is 0.782. The molecule has 86 valence electrons. The van der Waals surface area contributed by atoms with Crippen LogP contribution in [0, 0.1) is 0 Å². The summed E-state index contributed by atoms with van der Waals surface area (Å²) >= 11 is 1.60. The van der Waals surface area contributed by atoms with Crippen LogP contribution in [0.1, 0.15) is 24.7 Å². The van der Waals surface area contributed by atoms with Gasteiger partial charge in [0, 0.05) is 25.4 Å². The van der Waals surface area contributed by atoms with Crippen molar-refractivity contribution in [2.45, 2.75) is 26.8 Å². The number of aryl methyl sites for hydroxylation is 1. The van der Waals surface area contributed by atoms with E-state index in [1.807, 2.05) is 10.8 Å². The minimum Gasteiger partial charge on any atom is -0.311 e. The van der Waals surface area contributed by atoms with Crippen molar-refractivity contribution in [2.24, 2.45) is 0 Å². The number of imidazole rings is 1. The lowest BCUT2D eigenvalue weighted by Crippen LogP contribution is -2.11. The molecular formula is C10H15N5S. The third-order valence-corrected chi connectivity index (χ3v) is 3.14. The lowest BCUT2D eigenvalue weighted by atomic mass is 10.5. The molecule has 0 amide bonds. The summed E-state index contributed by atoms with van der Waals surface area (Å²) < 4.78 is 1.99. The van der Waals surface area contributed by atoms with E-state index in [1.54, 1.807) is 17.5 Å².